The molecule has 0 fully saturated rings. The lowest BCUT2D eigenvalue weighted by Crippen LogP contribution is -2.36. The molecule has 4 rings (SSSR count). The first-order valence-corrected chi connectivity index (χ1v) is 9.00. The van der Waals surface area contributed by atoms with Gasteiger partial charge in [-0.25, -0.2) is 10.9 Å². The molecule has 2 aliphatic rings. The molecule has 10 nitrogen and oxygen atoms in total. The number of hydrazone groups is 2. The largest absolute Gasteiger partial charge is 0.454 e. The standard InChI is InChI=1S/C20H18N4O6/c1-11(13-3-5-15-17(7-13)29-9-27-15)21-23-19(25)20(26)24-22-12(2)14-4-6-16-18(8-14)30-10-28-16/h3-8H,9-10H2,1-2H3,(H,23,25)(H,24,26). The minimum atomic E-state index is -0.947. The summed E-state index contributed by atoms with van der Waals surface area (Å²) in [6.07, 6.45) is 0. The summed E-state index contributed by atoms with van der Waals surface area (Å²) in [6, 6.07) is 10.5. The molecule has 0 unspecified atom stereocenters. The van der Waals surface area contributed by atoms with Crippen molar-refractivity contribution in [3.05, 3.63) is 47.5 Å². The zero-order valence-electron chi connectivity index (χ0n) is 16.2. The molecule has 0 spiro atoms. The van der Waals surface area contributed by atoms with Gasteiger partial charge in [0.2, 0.25) is 13.6 Å². The maximum Gasteiger partial charge on any atom is 0.331 e. The van der Waals surface area contributed by atoms with E-state index < -0.39 is 11.8 Å². The third-order valence-corrected chi connectivity index (χ3v) is 4.44. The fraction of sp³-hybridized carbons (Fsp3) is 0.200. The molecule has 2 N–H and O–H groups in total. The predicted molar refractivity (Wildman–Crippen MR) is 106 cm³/mol. The number of hydrogen-bond donors (Lipinski definition) is 2. The number of amides is 2. The summed E-state index contributed by atoms with van der Waals surface area (Å²) in [7, 11) is 0. The van der Waals surface area contributed by atoms with E-state index in [1.165, 1.54) is 0 Å². The average Bonchev–Trinajstić information content (AvgIpc) is 3.43. The van der Waals surface area contributed by atoms with E-state index in [0.717, 1.165) is 11.1 Å². The molecular formula is C20H18N4O6. The Labute approximate surface area is 171 Å². The molecule has 0 aromatic heterocycles. The van der Waals surface area contributed by atoms with Crippen LogP contribution >= 0.6 is 0 Å². The summed E-state index contributed by atoms with van der Waals surface area (Å²) in [5.74, 6) is 0.588. The van der Waals surface area contributed by atoms with Gasteiger partial charge < -0.3 is 18.9 Å². The Morgan fingerprint density at radius 2 is 1.10 bits per heavy atom. The Morgan fingerprint density at radius 3 is 1.53 bits per heavy atom. The normalized spacial score (nSPS) is 14.5. The second-order valence-electron chi connectivity index (χ2n) is 6.41. The second-order valence-corrected chi connectivity index (χ2v) is 6.41. The minimum absolute atomic E-state index is 0.165. The van der Waals surface area contributed by atoms with E-state index in [9.17, 15) is 9.59 Å². The van der Waals surface area contributed by atoms with Crippen LogP contribution in [0.1, 0.15) is 25.0 Å². The molecule has 0 saturated heterocycles. The second kappa shape index (κ2) is 8.11. The SMILES string of the molecule is CC(=NNC(=O)C(=O)NN=C(C)c1ccc2c(c1)OCO2)c1ccc2c(c1)OCO2. The third kappa shape index (κ3) is 4.02. The summed E-state index contributed by atoms with van der Waals surface area (Å²) in [5.41, 5.74) is 6.84. The highest BCUT2D eigenvalue weighted by molar-refractivity contribution is 6.35. The number of fused-ring (bicyclic) bond motifs is 2. The fourth-order valence-electron chi connectivity index (χ4n) is 2.74. The molecule has 30 heavy (non-hydrogen) atoms. The Hall–Kier alpha value is -4.08. The number of nitrogens with zero attached hydrogens (tertiary/aromatic N) is 2. The van der Waals surface area contributed by atoms with Gasteiger partial charge in [0.15, 0.2) is 23.0 Å². The van der Waals surface area contributed by atoms with Crippen molar-refractivity contribution in [3.63, 3.8) is 0 Å². The zero-order chi connectivity index (χ0) is 21.1. The summed E-state index contributed by atoms with van der Waals surface area (Å²) >= 11 is 0. The van der Waals surface area contributed by atoms with Crippen molar-refractivity contribution in [2.45, 2.75) is 13.8 Å². The van der Waals surface area contributed by atoms with Crippen LogP contribution in [0.5, 0.6) is 23.0 Å². The average molecular weight is 410 g/mol. The van der Waals surface area contributed by atoms with Gasteiger partial charge in [0, 0.05) is 11.1 Å². The van der Waals surface area contributed by atoms with E-state index >= 15 is 0 Å². The lowest BCUT2D eigenvalue weighted by molar-refractivity contribution is -0.139. The van der Waals surface area contributed by atoms with Gasteiger partial charge in [-0.2, -0.15) is 10.2 Å². The number of carbonyl (C=O) groups is 2. The highest BCUT2D eigenvalue weighted by Crippen LogP contribution is 2.33. The van der Waals surface area contributed by atoms with Gasteiger partial charge in [-0.05, 0) is 50.2 Å². The molecule has 2 aromatic rings. The Morgan fingerprint density at radius 1 is 0.700 bits per heavy atom. The Bertz CT molecular complexity index is 993. The van der Waals surface area contributed by atoms with Crippen molar-refractivity contribution in [3.8, 4) is 23.0 Å². The van der Waals surface area contributed by atoms with Crippen LogP contribution < -0.4 is 29.8 Å². The zero-order valence-corrected chi connectivity index (χ0v) is 16.2. The molecule has 0 bridgehead atoms. The minimum Gasteiger partial charge on any atom is -0.454 e. The molecule has 0 atom stereocenters. The first-order chi connectivity index (χ1) is 14.5. The third-order valence-electron chi connectivity index (χ3n) is 4.44. The molecule has 0 radical (unpaired) electrons. The molecule has 2 amide bonds. The first kappa shape index (κ1) is 19.2. The van der Waals surface area contributed by atoms with E-state index in [-0.39, 0.29) is 13.6 Å². The molecule has 10 heteroatoms. The summed E-state index contributed by atoms with van der Waals surface area (Å²) in [6.45, 7) is 3.71. The molecule has 0 aliphatic carbocycles. The maximum atomic E-state index is 12.0. The molecule has 0 saturated carbocycles. The lowest BCUT2D eigenvalue weighted by atomic mass is 10.1. The van der Waals surface area contributed by atoms with Gasteiger partial charge in [-0.3, -0.25) is 9.59 Å². The smallest absolute Gasteiger partial charge is 0.331 e. The van der Waals surface area contributed by atoms with Crippen LogP contribution in [0.3, 0.4) is 0 Å². The lowest BCUT2D eigenvalue weighted by Gasteiger charge is -2.05. The van der Waals surface area contributed by atoms with Gasteiger partial charge in [0.1, 0.15) is 0 Å². The molecular weight excluding hydrogens is 392 g/mol. The Kier molecular flexibility index (Phi) is 5.21. The van der Waals surface area contributed by atoms with Gasteiger partial charge in [0.05, 0.1) is 11.4 Å². The number of carbonyl (C=O) groups excluding carboxylic acids is 2. The van der Waals surface area contributed by atoms with E-state index in [1.54, 1.807) is 50.2 Å². The maximum absolute atomic E-state index is 12.0. The van der Waals surface area contributed by atoms with Crippen molar-refractivity contribution >= 4 is 23.2 Å². The van der Waals surface area contributed by atoms with E-state index in [1.807, 2.05) is 0 Å². The van der Waals surface area contributed by atoms with E-state index in [2.05, 4.69) is 21.1 Å². The number of rotatable bonds is 4. The van der Waals surface area contributed by atoms with Gasteiger partial charge in [-0.15, -0.1) is 0 Å². The molecule has 2 aliphatic heterocycles. The van der Waals surface area contributed by atoms with Crippen LogP contribution in [0.4, 0.5) is 0 Å². The van der Waals surface area contributed by atoms with Crippen molar-refractivity contribution in [1.29, 1.82) is 0 Å². The highest BCUT2D eigenvalue weighted by Gasteiger charge is 2.17. The van der Waals surface area contributed by atoms with Crippen LogP contribution in [0, 0.1) is 0 Å². The highest BCUT2D eigenvalue weighted by atomic mass is 16.7. The van der Waals surface area contributed by atoms with Crippen LogP contribution in [0.15, 0.2) is 46.6 Å². The van der Waals surface area contributed by atoms with E-state index in [4.69, 9.17) is 18.9 Å². The number of ether oxygens (including phenoxy) is 4. The summed E-state index contributed by atoms with van der Waals surface area (Å²) in [5, 5.41) is 7.89. The molecule has 2 heterocycles. The summed E-state index contributed by atoms with van der Waals surface area (Å²) in [4.78, 5) is 24.0. The van der Waals surface area contributed by atoms with Crippen molar-refractivity contribution in [2.75, 3.05) is 13.6 Å². The van der Waals surface area contributed by atoms with E-state index in [0.29, 0.717) is 34.4 Å². The topological polar surface area (TPSA) is 120 Å². The Balaban J connectivity index is 1.35. The quantitative estimate of drug-likeness (QED) is 0.448. The fourth-order valence-corrected chi connectivity index (χ4v) is 2.74. The van der Waals surface area contributed by atoms with Crippen LogP contribution in [-0.4, -0.2) is 36.8 Å². The molecule has 2 aromatic carbocycles. The van der Waals surface area contributed by atoms with Crippen LogP contribution in [-0.2, 0) is 9.59 Å². The van der Waals surface area contributed by atoms with Gasteiger partial charge >= 0.3 is 11.8 Å². The van der Waals surface area contributed by atoms with Crippen molar-refractivity contribution in [2.24, 2.45) is 10.2 Å². The number of benzene rings is 2. The van der Waals surface area contributed by atoms with Gasteiger partial charge in [0.25, 0.3) is 0 Å². The van der Waals surface area contributed by atoms with Crippen molar-refractivity contribution < 1.29 is 28.5 Å². The predicted octanol–water partition coefficient (Wildman–Crippen LogP) is 1.52. The number of nitrogens with one attached hydrogen (secondary N) is 2. The monoisotopic (exact) mass is 410 g/mol. The summed E-state index contributed by atoms with van der Waals surface area (Å²) < 4.78 is 21.1. The number of hydrogen-bond acceptors (Lipinski definition) is 8. The van der Waals surface area contributed by atoms with Crippen molar-refractivity contribution in [1.82, 2.24) is 10.9 Å². The molecule has 154 valence electrons. The van der Waals surface area contributed by atoms with Crippen LogP contribution in [0.25, 0.3) is 0 Å². The first-order valence-electron chi connectivity index (χ1n) is 9.00. The van der Waals surface area contributed by atoms with Crippen LogP contribution in [0.2, 0.25) is 0 Å². The van der Waals surface area contributed by atoms with Gasteiger partial charge in [-0.1, -0.05) is 0 Å².